The lowest BCUT2D eigenvalue weighted by Gasteiger charge is -2.22. The Labute approximate surface area is 188 Å². The Morgan fingerprint density at radius 1 is 0.938 bits per heavy atom. The van der Waals surface area contributed by atoms with E-state index >= 15 is 0 Å². The highest BCUT2D eigenvalue weighted by molar-refractivity contribution is 5.89. The normalized spacial score (nSPS) is 12.2. The average Bonchev–Trinajstić information content (AvgIpc) is 2.82. The van der Waals surface area contributed by atoms with E-state index < -0.39 is 30.1 Å². The Kier molecular flexibility index (Phi) is 10.5. The van der Waals surface area contributed by atoms with Crippen molar-refractivity contribution in [2.24, 2.45) is 0 Å². The minimum Gasteiger partial charge on any atom is -0.467 e. The number of hydrogen-bond donors (Lipinski definition) is 2. The van der Waals surface area contributed by atoms with Crippen LogP contribution in [0.5, 0.6) is 0 Å². The standard InChI is InChI=1S/C25H30N2O5/c1-3-4-7-16-21(24(29)31-2)26-23(28)22(17-19-12-8-5-9-13-19)27-25(30)32-18-20-14-10-6-11-15-20/h3,5-6,8-15,21-22H,1,4,7,16-18H2,2H3,(H,26,28)(H,27,30)/t21-,22+/m0/s1. The van der Waals surface area contributed by atoms with E-state index in [1.54, 1.807) is 6.08 Å². The van der Waals surface area contributed by atoms with Gasteiger partial charge < -0.3 is 20.1 Å². The Bertz CT molecular complexity index is 870. The van der Waals surface area contributed by atoms with Crippen molar-refractivity contribution in [3.8, 4) is 0 Å². The third-order valence-corrected chi connectivity index (χ3v) is 4.81. The molecule has 0 aliphatic rings. The Balaban J connectivity index is 2.06. The lowest BCUT2D eigenvalue weighted by Crippen LogP contribution is -2.52. The van der Waals surface area contributed by atoms with Crippen molar-refractivity contribution in [2.45, 2.75) is 44.4 Å². The third kappa shape index (κ3) is 8.63. The number of carbonyl (C=O) groups is 3. The van der Waals surface area contributed by atoms with Crippen molar-refractivity contribution in [1.29, 1.82) is 0 Å². The van der Waals surface area contributed by atoms with Crippen molar-refractivity contribution in [3.05, 3.63) is 84.4 Å². The fourth-order valence-corrected chi connectivity index (χ4v) is 3.10. The van der Waals surface area contributed by atoms with Gasteiger partial charge in [-0.05, 0) is 30.4 Å². The predicted octanol–water partition coefficient (Wildman–Crippen LogP) is 3.54. The zero-order valence-corrected chi connectivity index (χ0v) is 18.3. The summed E-state index contributed by atoms with van der Waals surface area (Å²) in [7, 11) is 1.27. The van der Waals surface area contributed by atoms with E-state index in [0.717, 1.165) is 11.1 Å². The van der Waals surface area contributed by atoms with E-state index in [4.69, 9.17) is 9.47 Å². The molecule has 0 fully saturated rings. The molecule has 0 unspecified atom stereocenters. The Morgan fingerprint density at radius 3 is 2.16 bits per heavy atom. The van der Waals surface area contributed by atoms with E-state index in [-0.39, 0.29) is 13.0 Å². The molecule has 7 nitrogen and oxygen atoms in total. The number of ether oxygens (including phenoxy) is 2. The summed E-state index contributed by atoms with van der Waals surface area (Å²) in [4.78, 5) is 37.5. The molecule has 0 aliphatic heterocycles. The molecule has 2 rings (SSSR count). The number of unbranched alkanes of at least 4 members (excludes halogenated alkanes) is 1. The second kappa shape index (κ2) is 13.6. The molecule has 2 N–H and O–H groups in total. The summed E-state index contributed by atoms with van der Waals surface area (Å²) >= 11 is 0. The maximum atomic E-state index is 13.0. The highest BCUT2D eigenvalue weighted by Gasteiger charge is 2.27. The number of allylic oxidation sites excluding steroid dienone is 1. The monoisotopic (exact) mass is 438 g/mol. The van der Waals surface area contributed by atoms with Crippen LogP contribution in [0.1, 0.15) is 30.4 Å². The van der Waals surface area contributed by atoms with Crippen molar-refractivity contribution in [1.82, 2.24) is 10.6 Å². The van der Waals surface area contributed by atoms with Gasteiger partial charge in [-0.3, -0.25) is 4.79 Å². The van der Waals surface area contributed by atoms with Crippen LogP contribution in [0.2, 0.25) is 0 Å². The summed E-state index contributed by atoms with van der Waals surface area (Å²) in [5.41, 5.74) is 1.69. The van der Waals surface area contributed by atoms with Crippen LogP contribution < -0.4 is 10.6 Å². The average molecular weight is 439 g/mol. The van der Waals surface area contributed by atoms with Crippen LogP contribution in [-0.4, -0.2) is 37.2 Å². The molecular formula is C25H30N2O5. The largest absolute Gasteiger partial charge is 0.467 e. The van der Waals surface area contributed by atoms with Crippen LogP contribution in [0.25, 0.3) is 0 Å². The summed E-state index contributed by atoms with van der Waals surface area (Å²) in [6.45, 7) is 3.75. The molecule has 0 heterocycles. The van der Waals surface area contributed by atoms with Crippen LogP contribution >= 0.6 is 0 Å². The van der Waals surface area contributed by atoms with Gasteiger partial charge in [-0.15, -0.1) is 6.58 Å². The molecule has 0 radical (unpaired) electrons. The lowest BCUT2D eigenvalue weighted by molar-refractivity contribution is -0.145. The zero-order valence-electron chi connectivity index (χ0n) is 18.3. The first kappa shape index (κ1) is 24.7. The maximum absolute atomic E-state index is 13.0. The highest BCUT2D eigenvalue weighted by atomic mass is 16.5. The van der Waals surface area contributed by atoms with Gasteiger partial charge in [-0.25, -0.2) is 9.59 Å². The molecule has 2 atom stereocenters. The topological polar surface area (TPSA) is 93.7 Å². The van der Waals surface area contributed by atoms with Gasteiger partial charge in [0.2, 0.25) is 5.91 Å². The summed E-state index contributed by atoms with van der Waals surface area (Å²) in [5.74, 6) is -1.02. The first-order valence-electron chi connectivity index (χ1n) is 10.5. The van der Waals surface area contributed by atoms with E-state index in [0.29, 0.717) is 19.3 Å². The van der Waals surface area contributed by atoms with Gasteiger partial charge in [0.1, 0.15) is 18.7 Å². The quantitative estimate of drug-likeness (QED) is 0.300. The molecule has 7 heteroatoms. The van der Waals surface area contributed by atoms with Crippen molar-refractivity contribution < 1.29 is 23.9 Å². The second-order valence-corrected chi connectivity index (χ2v) is 7.25. The van der Waals surface area contributed by atoms with E-state index in [9.17, 15) is 14.4 Å². The Morgan fingerprint density at radius 2 is 1.56 bits per heavy atom. The Hall–Kier alpha value is -3.61. The molecule has 0 spiro atoms. The molecule has 2 amide bonds. The van der Waals surface area contributed by atoms with Gasteiger partial charge in [0.05, 0.1) is 7.11 Å². The van der Waals surface area contributed by atoms with Crippen LogP contribution in [0.4, 0.5) is 4.79 Å². The zero-order chi connectivity index (χ0) is 23.2. The highest BCUT2D eigenvalue weighted by Crippen LogP contribution is 2.08. The summed E-state index contributed by atoms with van der Waals surface area (Å²) in [5, 5.41) is 5.33. The number of hydrogen-bond acceptors (Lipinski definition) is 5. The summed E-state index contributed by atoms with van der Waals surface area (Å²) in [6, 6.07) is 16.8. The molecule has 0 saturated carbocycles. The van der Waals surface area contributed by atoms with E-state index in [1.807, 2.05) is 60.7 Å². The number of rotatable bonds is 12. The molecule has 0 aliphatic carbocycles. The number of amides is 2. The fourth-order valence-electron chi connectivity index (χ4n) is 3.10. The number of carbonyl (C=O) groups excluding carboxylic acids is 3. The van der Waals surface area contributed by atoms with Crippen LogP contribution in [-0.2, 0) is 32.1 Å². The van der Waals surface area contributed by atoms with Gasteiger partial charge in [0, 0.05) is 6.42 Å². The van der Waals surface area contributed by atoms with Gasteiger partial charge >= 0.3 is 12.1 Å². The molecule has 2 aromatic rings. The van der Waals surface area contributed by atoms with Crippen LogP contribution in [0.15, 0.2) is 73.3 Å². The minimum absolute atomic E-state index is 0.0820. The number of esters is 1. The number of nitrogens with one attached hydrogen (secondary N) is 2. The van der Waals surface area contributed by atoms with Crippen molar-refractivity contribution in [3.63, 3.8) is 0 Å². The van der Waals surface area contributed by atoms with Crippen molar-refractivity contribution >= 4 is 18.0 Å². The minimum atomic E-state index is -0.924. The van der Waals surface area contributed by atoms with Gasteiger partial charge in [-0.2, -0.15) is 0 Å². The van der Waals surface area contributed by atoms with Crippen LogP contribution in [0.3, 0.4) is 0 Å². The van der Waals surface area contributed by atoms with Crippen molar-refractivity contribution in [2.75, 3.05) is 7.11 Å². The molecule has 0 bridgehead atoms. The SMILES string of the molecule is C=CCCC[C@H](NC(=O)[C@@H](Cc1ccccc1)NC(=O)OCc1ccccc1)C(=O)OC. The molecule has 0 saturated heterocycles. The molecule has 0 aromatic heterocycles. The first-order valence-corrected chi connectivity index (χ1v) is 10.5. The van der Waals surface area contributed by atoms with Gasteiger partial charge in [0.15, 0.2) is 0 Å². The summed E-state index contributed by atoms with van der Waals surface area (Å²) in [6.07, 6.45) is 3.05. The first-order chi connectivity index (χ1) is 15.5. The predicted molar refractivity (Wildman–Crippen MR) is 122 cm³/mol. The molecule has 32 heavy (non-hydrogen) atoms. The smallest absolute Gasteiger partial charge is 0.408 e. The molecule has 170 valence electrons. The molecular weight excluding hydrogens is 408 g/mol. The van der Waals surface area contributed by atoms with Gasteiger partial charge in [0.25, 0.3) is 0 Å². The molecule has 2 aromatic carbocycles. The number of alkyl carbamates (subject to hydrolysis) is 1. The van der Waals surface area contributed by atoms with Gasteiger partial charge in [-0.1, -0.05) is 66.7 Å². The fraction of sp³-hybridized carbons (Fsp3) is 0.320. The number of benzene rings is 2. The third-order valence-electron chi connectivity index (χ3n) is 4.81. The summed E-state index contributed by atoms with van der Waals surface area (Å²) < 4.78 is 10.1. The maximum Gasteiger partial charge on any atom is 0.408 e. The number of methoxy groups -OCH3 is 1. The van der Waals surface area contributed by atoms with E-state index in [1.165, 1.54) is 7.11 Å². The van der Waals surface area contributed by atoms with Crippen LogP contribution in [0, 0.1) is 0 Å². The van der Waals surface area contributed by atoms with E-state index in [2.05, 4.69) is 17.2 Å². The lowest BCUT2D eigenvalue weighted by atomic mass is 10.0. The second-order valence-electron chi connectivity index (χ2n) is 7.25.